The van der Waals surface area contributed by atoms with Crippen molar-refractivity contribution in [2.45, 2.75) is 38.3 Å². The van der Waals surface area contributed by atoms with Crippen LogP contribution in [0.5, 0.6) is 5.75 Å². The normalized spacial score (nSPS) is 18.0. The fourth-order valence-corrected chi connectivity index (χ4v) is 4.57. The van der Waals surface area contributed by atoms with Gasteiger partial charge in [0.2, 0.25) is 5.91 Å². The van der Waals surface area contributed by atoms with Gasteiger partial charge in [-0.2, -0.15) is 0 Å². The van der Waals surface area contributed by atoms with E-state index in [9.17, 15) is 4.79 Å². The average molecular weight is 458 g/mol. The largest absolute Gasteiger partial charge is 0.497 e. The maximum absolute atomic E-state index is 12.8. The highest BCUT2D eigenvalue weighted by atomic mass is 16.5. The number of amides is 1. The fraction of sp³-hybridized carbons (Fsp3) is 0.320. The molecule has 0 atom stereocenters. The van der Waals surface area contributed by atoms with Gasteiger partial charge in [-0.25, -0.2) is 15.0 Å². The lowest BCUT2D eigenvalue weighted by Crippen LogP contribution is -2.33. The number of imidazole rings is 1. The standard InChI is InChI=1S/C25H27N7O2/c1-34-20-4-2-3-16(13-20)14-28-25(33)18-5-7-19(8-6-18)32-15-29-21-22(26)30-23(31-24(21)32)17-9-11-27-12-10-17/h2-4,9-13,15,18-19H,5-8,14H2,1H3,(H,28,33)(H2,26,30,31). The van der Waals surface area contributed by atoms with Crippen LogP contribution in [0.3, 0.4) is 0 Å². The van der Waals surface area contributed by atoms with E-state index in [1.807, 2.05) is 36.4 Å². The third-order valence-electron chi connectivity index (χ3n) is 6.45. The number of methoxy groups -OCH3 is 1. The van der Waals surface area contributed by atoms with Crippen LogP contribution in [0.2, 0.25) is 0 Å². The summed E-state index contributed by atoms with van der Waals surface area (Å²) in [5.41, 5.74) is 9.41. The molecule has 0 saturated heterocycles. The highest BCUT2D eigenvalue weighted by molar-refractivity contribution is 5.84. The molecule has 9 heteroatoms. The Morgan fingerprint density at radius 2 is 1.94 bits per heavy atom. The second-order valence-electron chi connectivity index (χ2n) is 8.57. The van der Waals surface area contributed by atoms with Crippen molar-refractivity contribution in [1.82, 2.24) is 29.8 Å². The van der Waals surface area contributed by atoms with Crippen molar-refractivity contribution in [2.24, 2.45) is 5.92 Å². The fourth-order valence-electron chi connectivity index (χ4n) is 4.57. The van der Waals surface area contributed by atoms with Gasteiger partial charge in [-0.3, -0.25) is 9.78 Å². The molecular weight excluding hydrogens is 430 g/mol. The predicted molar refractivity (Wildman–Crippen MR) is 129 cm³/mol. The molecule has 1 amide bonds. The number of carbonyl (C=O) groups excluding carboxylic acids is 1. The Balaban J connectivity index is 1.26. The van der Waals surface area contributed by atoms with E-state index in [0.29, 0.717) is 23.7 Å². The van der Waals surface area contributed by atoms with Gasteiger partial charge in [-0.05, 0) is 55.5 Å². The van der Waals surface area contributed by atoms with E-state index in [-0.39, 0.29) is 17.9 Å². The Morgan fingerprint density at radius 1 is 1.15 bits per heavy atom. The first-order valence-electron chi connectivity index (χ1n) is 11.4. The lowest BCUT2D eigenvalue weighted by Gasteiger charge is -2.28. The second-order valence-corrected chi connectivity index (χ2v) is 8.57. The highest BCUT2D eigenvalue weighted by Gasteiger charge is 2.28. The Labute approximate surface area is 197 Å². The molecule has 1 aliphatic rings. The van der Waals surface area contributed by atoms with Gasteiger partial charge in [0.05, 0.1) is 13.4 Å². The zero-order valence-corrected chi connectivity index (χ0v) is 19.0. The third-order valence-corrected chi connectivity index (χ3v) is 6.45. The lowest BCUT2D eigenvalue weighted by molar-refractivity contribution is -0.126. The monoisotopic (exact) mass is 457 g/mol. The topological polar surface area (TPSA) is 121 Å². The van der Waals surface area contributed by atoms with Gasteiger partial charge in [0.15, 0.2) is 17.3 Å². The minimum absolute atomic E-state index is 0.00344. The van der Waals surface area contributed by atoms with Crippen LogP contribution in [0.4, 0.5) is 5.82 Å². The summed E-state index contributed by atoms with van der Waals surface area (Å²) < 4.78 is 7.34. The van der Waals surface area contributed by atoms with E-state index < -0.39 is 0 Å². The van der Waals surface area contributed by atoms with Crippen LogP contribution in [0.1, 0.15) is 37.3 Å². The van der Waals surface area contributed by atoms with Crippen LogP contribution in [0.25, 0.3) is 22.6 Å². The zero-order valence-electron chi connectivity index (χ0n) is 19.0. The number of benzene rings is 1. The molecule has 0 radical (unpaired) electrons. The van der Waals surface area contributed by atoms with Crippen LogP contribution in [-0.4, -0.2) is 37.5 Å². The molecular formula is C25H27N7O2. The Bertz CT molecular complexity index is 1300. The molecule has 1 fully saturated rings. The molecule has 4 aromatic rings. The van der Waals surface area contributed by atoms with Crippen LogP contribution >= 0.6 is 0 Å². The number of rotatable bonds is 6. The molecule has 0 aliphatic heterocycles. The molecule has 0 unspecified atom stereocenters. The Hall–Kier alpha value is -4.01. The smallest absolute Gasteiger partial charge is 0.223 e. The maximum Gasteiger partial charge on any atom is 0.223 e. The number of nitrogens with two attached hydrogens (primary N) is 1. The summed E-state index contributed by atoms with van der Waals surface area (Å²) in [6.45, 7) is 0.496. The molecule has 5 rings (SSSR count). The quantitative estimate of drug-likeness (QED) is 0.454. The Kier molecular flexibility index (Phi) is 6.07. The van der Waals surface area contributed by atoms with Gasteiger partial charge in [-0.1, -0.05) is 12.1 Å². The number of hydrogen-bond donors (Lipinski definition) is 2. The summed E-state index contributed by atoms with van der Waals surface area (Å²) >= 11 is 0. The van der Waals surface area contributed by atoms with E-state index in [1.165, 1.54) is 0 Å². The van der Waals surface area contributed by atoms with Gasteiger partial charge in [0.25, 0.3) is 0 Å². The summed E-state index contributed by atoms with van der Waals surface area (Å²) in [7, 11) is 1.64. The number of ether oxygens (including phenoxy) is 1. The molecule has 174 valence electrons. The SMILES string of the molecule is COc1cccc(CNC(=O)C2CCC(n3cnc4c(N)nc(-c5ccncc5)nc43)CC2)c1. The molecule has 3 heterocycles. The molecule has 0 spiro atoms. The lowest BCUT2D eigenvalue weighted by atomic mass is 9.85. The summed E-state index contributed by atoms with van der Waals surface area (Å²) in [5.74, 6) is 1.81. The number of nitrogens with one attached hydrogen (secondary N) is 1. The zero-order chi connectivity index (χ0) is 23.5. The number of nitrogens with zero attached hydrogens (tertiary/aromatic N) is 5. The number of carbonyl (C=O) groups is 1. The van der Waals surface area contributed by atoms with E-state index in [2.05, 4.69) is 24.8 Å². The summed E-state index contributed by atoms with van der Waals surface area (Å²) in [6, 6.07) is 11.7. The number of aromatic nitrogens is 5. The van der Waals surface area contributed by atoms with E-state index in [4.69, 9.17) is 15.5 Å². The van der Waals surface area contributed by atoms with Crippen molar-refractivity contribution >= 4 is 22.9 Å². The van der Waals surface area contributed by atoms with E-state index >= 15 is 0 Å². The first-order valence-corrected chi connectivity index (χ1v) is 11.4. The second kappa shape index (κ2) is 9.46. The van der Waals surface area contributed by atoms with Crippen molar-refractivity contribution in [2.75, 3.05) is 12.8 Å². The van der Waals surface area contributed by atoms with Crippen LogP contribution < -0.4 is 15.8 Å². The van der Waals surface area contributed by atoms with Gasteiger partial charge in [-0.15, -0.1) is 0 Å². The molecule has 34 heavy (non-hydrogen) atoms. The summed E-state index contributed by atoms with van der Waals surface area (Å²) in [6.07, 6.45) is 8.57. The minimum atomic E-state index is 0.00344. The van der Waals surface area contributed by atoms with Gasteiger partial charge >= 0.3 is 0 Å². The summed E-state index contributed by atoms with van der Waals surface area (Å²) in [4.78, 5) is 30.5. The molecule has 0 bridgehead atoms. The van der Waals surface area contributed by atoms with Gasteiger partial charge in [0.1, 0.15) is 11.3 Å². The van der Waals surface area contributed by atoms with Gasteiger partial charge in [0, 0.05) is 36.5 Å². The average Bonchev–Trinajstić information content (AvgIpc) is 3.33. The number of fused-ring (bicyclic) bond motifs is 1. The number of nitrogen functional groups attached to an aromatic ring is 1. The molecule has 1 aliphatic carbocycles. The Morgan fingerprint density at radius 3 is 2.71 bits per heavy atom. The van der Waals surface area contributed by atoms with Crippen molar-refractivity contribution in [3.63, 3.8) is 0 Å². The van der Waals surface area contributed by atoms with Crippen molar-refractivity contribution in [3.05, 3.63) is 60.7 Å². The first kappa shape index (κ1) is 21.8. The minimum Gasteiger partial charge on any atom is -0.497 e. The molecule has 1 aromatic carbocycles. The van der Waals surface area contributed by atoms with Crippen LogP contribution in [0, 0.1) is 5.92 Å². The van der Waals surface area contributed by atoms with Gasteiger partial charge < -0.3 is 20.4 Å². The predicted octanol–water partition coefficient (Wildman–Crippen LogP) is 3.53. The first-order chi connectivity index (χ1) is 16.6. The van der Waals surface area contributed by atoms with Crippen molar-refractivity contribution < 1.29 is 9.53 Å². The highest BCUT2D eigenvalue weighted by Crippen LogP contribution is 2.35. The maximum atomic E-state index is 12.8. The molecule has 1 saturated carbocycles. The third kappa shape index (κ3) is 4.41. The van der Waals surface area contributed by atoms with Crippen molar-refractivity contribution in [3.8, 4) is 17.1 Å². The molecule has 3 N–H and O–H groups in total. The van der Waals surface area contributed by atoms with Crippen molar-refractivity contribution in [1.29, 1.82) is 0 Å². The van der Waals surface area contributed by atoms with E-state index in [1.54, 1.807) is 25.8 Å². The van der Waals surface area contributed by atoms with Crippen LogP contribution in [0.15, 0.2) is 55.1 Å². The van der Waals surface area contributed by atoms with E-state index in [0.717, 1.165) is 48.2 Å². The van der Waals surface area contributed by atoms with Crippen LogP contribution in [-0.2, 0) is 11.3 Å². The number of pyridine rings is 1. The number of anilines is 1. The molecule has 9 nitrogen and oxygen atoms in total. The number of hydrogen-bond acceptors (Lipinski definition) is 7. The molecule has 3 aromatic heterocycles. The summed E-state index contributed by atoms with van der Waals surface area (Å²) in [5, 5.41) is 3.08.